The zero-order valence-electron chi connectivity index (χ0n) is 24.2. The first kappa shape index (κ1) is 29.6. The van der Waals surface area contributed by atoms with Gasteiger partial charge in [-0.2, -0.15) is 0 Å². The molecule has 2 heterocycles. The number of phenols is 2. The van der Waals surface area contributed by atoms with Crippen molar-refractivity contribution in [1.29, 1.82) is 0 Å². The smallest absolute Gasteiger partial charge is 0.248 e. The summed E-state index contributed by atoms with van der Waals surface area (Å²) in [6.07, 6.45) is 4.01. The summed E-state index contributed by atoms with van der Waals surface area (Å²) in [5.41, 5.74) is 4.18. The van der Waals surface area contributed by atoms with Crippen LogP contribution in [0.15, 0.2) is 71.5 Å². The summed E-state index contributed by atoms with van der Waals surface area (Å²) in [5, 5.41) is 35.1. The molecule has 0 radical (unpaired) electrons. The third-order valence-corrected chi connectivity index (χ3v) is 8.25. The summed E-state index contributed by atoms with van der Waals surface area (Å²) in [5.74, 6) is 1.68. The van der Waals surface area contributed by atoms with Gasteiger partial charge in [-0.1, -0.05) is 30.3 Å². The Labute approximate surface area is 246 Å². The number of piperidine rings is 1. The highest BCUT2D eigenvalue weighted by molar-refractivity contribution is 5.87. The Bertz CT molecular complexity index is 1530. The second kappa shape index (κ2) is 13.9. The van der Waals surface area contributed by atoms with Gasteiger partial charge in [-0.25, -0.2) is 0 Å². The highest BCUT2D eigenvalue weighted by Crippen LogP contribution is 2.34. The van der Waals surface area contributed by atoms with Crippen LogP contribution >= 0.6 is 0 Å². The number of ether oxygens (including phenoxy) is 1. The fourth-order valence-corrected chi connectivity index (χ4v) is 5.76. The minimum Gasteiger partial charge on any atom is -0.508 e. The number of nitrogens with zero attached hydrogens (tertiary/aromatic N) is 1. The molecule has 1 aliphatic rings. The lowest BCUT2D eigenvalue weighted by Crippen LogP contribution is -2.29. The van der Waals surface area contributed by atoms with Gasteiger partial charge in [0.2, 0.25) is 5.56 Å². The Kier molecular flexibility index (Phi) is 9.79. The number of likely N-dealkylation sites (tertiary alicyclic amines) is 1. The van der Waals surface area contributed by atoms with Gasteiger partial charge in [-0.15, -0.1) is 0 Å². The highest BCUT2D eigenvalue weighted by atomic mass is 16.5. The van der Waals surface area contributed by atoms with E-state index in [1.807, 2.05) is 24.3 Å². The first-order valence-corrected chi connectivity index (χ1v) is 14.8. The fraction of sp³-hybridized carbons (Fsp3) is 0.382. The molecule has 1 atom stereocenters. The SMILES string of the molecule is CN1CCC(c2cc(CCCOc3ccc(CCNCC(O)c4ccc(O)c5[nH]c(=O)ccc45)cc3)ccc2O)CC1. The minimum atomic E-state index is -0.780. The number of aliphatic hydroxyl groups is 1. The van der Waals surface area contributed by atoms with Crippen LogP contribution in [0.3, 0.4) is 0 Å². The predicted molar refractivity (Wildman–Crippen MR) is 166 cm³/mol. The van der Waals surface area contributed by atoms with Crippen LogP contribution in [-0.4, -0.2) is 65.0 Å². The number of aryl methyl sites for hydroxylation is 1. The molecule has 222 valence electrons. The molecule has 0 amide bonds. The number of phenolic OH excluding ortho intramolecular Hbond substituents is 2. The molecule has 1 fully saturated rings. The molecule has 8 nitrogen and oxygen atoms in total. The quantitative estimate of drug-likeness (QED) is 0.158. The first-order valence-electron chi connectivity index (χ1n) is 14.8. The van der Waals surface area contributed by atoms with Crippen molar-refractivity contribution in [2.75, 3.05) is 39.8 Å². The number of aliphatic hydroxyl groups excluding tert-OH is 1. The van der Waals surface area contributed by atoms with Gasteiger partial charge in [0.25, 0.3) is 0 Å². The molecule has 1 aromatic heterocycles. The van der Waals surface area contributed by atoms with Gasteiger partial charge in [0.15, 0.2) is 0 Å². The Morgan fingerprint density at radius 2 is 1.69 bits per heavy atom. The van der Waals surface area contributed by atoms with Crippen molar-refractivity contribution in [2.24, 2.45) is 0 Å². The largest absolute Gasteiger partial charge is 0.508 e. The lowest BCUT2D eigenvalue weighted by Gasteiger charge is -2.29. The van der Waals surface area contributed by atoms with E-state index in [1.54, 1.807) is 12.1 Å². The Morgan fingerprint density at radius 1 is 0.952 bits per heavy atom. The maximum Gasteiger partial charge on any atom is 0.248 e. The van der Waals surface area contributed by atoms with Crippen molar-refractivity contribution in [3.63, 3.8) is 0 Å². The van der Waals surface area contributed by atoms with E-state index in [4.69, 9.17) is 4.74 Å². The van der Waals surface area contributed by atoms with E-state index in [0.29, 0.717) is 47.8 Å². The molecule has 0 aliphatic carbocycles. The van der Waals surface area contributed by atoms with Crippen LogP contribution in [-0.2, 0) is 12.8 Å². The van der Waals surface area contributed by atoms with Crippen LogP contribution in [0.5, 0.6) is 17.2 Å². The Morgan fingerprint density at radius 3 is 2.48 bits per heavy atom. The summed E-state index contributed by atoms with van der Waals surface area (Å²) < 4.78 is 5.98. The summed E-state index contributed by atoms with van der Waals surface area (Å²) in [4.78, 5) is 16.6. The van der Waals surface area contributed by atoms with Crippen LogP contribution < -0.4 is 15.6 Å². The topological polar surface area (TPSA) is 118 Å². The van der Waals surface area contributed by atoms with Crippen molar-refractivity contribution in [2.45, 2.75) is 44.1 Å². The van der Waals surface area contributed by atoms with Crippen molar-refractivity contribution in [3.8, 4) is 17.2 Å². The molecule has 1 saturated heterocycles. The van der Waals surface area contributed by atoms with Crippen molar-refractivity contribution < 1.29 is 20.1 Å². The molecule has 0 spiro atoms. The van der Waals surface area contributed by atoms with Crippen LogP contribution in [0, 0.1) is 0 Å². The number of rotatable bonds is 12. The van der Waals surface area contributed by atoms with Gasteiger partial charge in [0.1, 0.15) is 17.2 Å². The van der Waals surface area contributed by atoms with Gasteiger partial charge >= 0.3 is 0 Å². The molecule has 0 bridgehead atoms. The van der Waals surface area contributed by atoms with Gasteiger partial charge in [0, 0.05) is 18.0 Å². The molecule has 8 heteroatoms. The number of fused-ring (bicyclic) bond motifs is 1. The predicted octanol–water partition coefficient (Wildman–Crippen LogP) is 4.63. The van der Waals surface area contributed by atoms with E-state index in [2.05, 4.69) is 40.4 Å². The van der Waals surface area contributed by atoms with Gasteiger partial charge < -0.3 is 35.3 Å². The molecular formula is C34H41N3O5. The molecular weight excluding hydrogens is 530 g/mol. The number of aromatic nitrogens is 1. The van der Waals surface area contributed by atoms with Gasteiger partial charge in [0.05, 0.1) is 18.2 Å². The zero-order valence-corrected chi connectivity index (χ0v) is 24.2. The third-order valence-electron chi connectivity index (χ3n) is 8.25. The van der Waals surface area contributed by atoms with Crippen LogP contribution in [0.4, 0.5) is 0 Å². The van der Waals surface area contributed by atoms with E-state index in [9.17, 15) is 20.1 Å². The van der Waals surface area contributed by atoms with Crippen molar-refractivity contribution in [1.82, 2.24) is 15.2 Å². The number of hydrogen-bond acceptors (Lipinski definition) is 7. The molecule has 3 aromatic carbocycles. The number of aromatic hydroxyl groups is 2. The molecule has 1 unspecified atom stereocenters. The maximum atomic E-state index is 11.6. The van der Waals surface area contributed by atoms with E-state index in [1.165, 1.54) is 23.3 Å². The second-order valence-electron chi connectivity index (χ2n) is 11.3. The summed E-state index contributed by atoms with van der Waals surface area (Å²) in [6, 6.07) is 20.3. The lowest BCUT2D eigenvalue weighted by atomic mass is 9.87. The van der Waals surface area contributed by atoms with E-state index in [0.717, 1.165) is 56.5 Å². The second-order valence-corrected chi connectivity index (χ2v) is 11.3. The number of nitrogens with one attached hydrogen (secondary N) is 2. The van der Waals surface area contributed by atoms with Crippen molar-refractivity contribution in [3.05, 3.63) is 99.3 Å². The molecule has 4 aromatic rings. The van der Waals surface area contributed by atoms with Crippen LogP contribution in [0.1, 0.15) is 53.5 Å². The lowest BCUT2D eigenvalue weighted by molar-refractivity contribution is 0.176. The summed E-state index contributed by atoms with van der Waals surface area (Å²) in [7, 11) is 2.15. The number of hydrogen-bond donors (Lipinski definition) is 5. The number of pyridine rings is 1. The first-order chi connectivity index (χ1) is 20.4. The summed E-state index contributed by atoms with van der Waals surface area (Å²) in [6.45, 7) is 3.81. The van der Waals surface area contributed by atoms with Gasteiger partial charge in [-0.3, -0.25) is 4.79 Å². The molecule has 5 rings (SSSR count). The fourth-order valence-electron chi connectivity index (χ4n) is 5.76. The van der Waals surface area contributed by atoms with E-state index < -0.39 is 6.10 Å². The van der Waals surface area contributed by atoms with E-state index in [-0.39, 0.29) is 11.3 Å². The molecule has 42 heavy (non-hydrogen) atoms. The van der Waals surface area contributed by atoms with Crippen LogP contribution in [0.2, 0.25) is 0 Å². The Hall–Kier alpha value is -3.85. The number of H-pyrrole nitrogens is 1. The normalized spacial score (nSPS) is 15.2. The van der Waals surface area contributed by atoms with Crippen molar-refractivity contribution >= 4 is 10.9 Å². The summed E-state index contributed by atoms with van der Waals surface area (Å²) >= 11 is 0. The highest BCUT2D eigenvalue weighted by Gasteiger charge is 2.21. The molecule has 0 saturated carbocycles. The molecule has 1 aliphatic heterocycles. The molecule has 5 N–H and O–H groups in total. The number of aromatic amines is 1. The average Bonchev–Trinajstić information content (AvgIpc) is 3.00. The monoisotopic (exact) mass is 571 g/mol. The Balaban J connectivity index is 1.03. The number of benzene rings is 3. The zero-order chi connectivity index (χ0) is 29.5. The van der Waals surface area contributed by atoms with Gasteiger partial charge in [-0.05, 0) is 117 Å². The van der Waals surface area contributed by atoms with E-state index >= 15 is 0 Å². The average molecular weight is 572 g/mol. The minimum absolute atomic E-state index is 0.0201. The van der Waals surface area contributed by atoms with Crippen LogP contribution in [0.25, 0.3) is 10.9 Å². The standard InChI is InChI=1S/C34H41N3O5/c1-37-18-15-25(16-19-37)29-21-24(6-11-30(29)38)3-2-20-42-26-7-4-23(5-8-26)14-17-35-22-32(40)27-9-12-31(39)34-28(27)10-13-33(41)36-34/h4-13,21,25,32,35,38-40H,2-3,14-20,22H2,1H3,(H,36,41). The third kappa shape index (κ3) is 7.50. The maximum absolute atomic E-state index is 11.6.